The number of ether oxygens (including phenoxy) is 6. The molecule has 3 unspecified atom stereocenters. The van der Waals surface area contributed by atoms with Gasteiger partial charge in [0.1, 0.15) is 67.1 Å². The van der Waals surface area contributed by atoms with Crippen molar-refractivity contribution in [1.82, 2.24) is 0 Å². The lowest BCUT2D eigenvalue weighted by Crippen LogP contribution is -2.68. The molecule has 382 valence electrons. The lowest BCUT2D eigenvalue weighted by atomic mass is 9.33. The molecule has 19 nitrogen and oxygen atoms in total. The van der Waals surface area contributed by atoms with Crippen LogP contribution in [0.2, 0.25) is 0 Å². The number of hydrogen-bond acceptors (Lipinski definition) is 17. The number of rotatable bonds is 10. The maximum atomic E-state index is 13.2. The van der Waals surface area contributed by atoms with Crippen LogP contribution in [0.1, 0.15) is 113 Å². The molecule has 5 aliphatic carbocycles. The number of aliphatic hydroxyl groups excluding tert-OH is 9. The summed E-state index contributed by atoms with van der Waals surface area (Å²) in [5.74, 6) is -2.06. The summed E-state index contributed by atoms with van der Waals surface area (Å²) < 4.78 is 36.4. The SMILES string of the molecule is CC1(C)CC[C@]2(C(=O)O)CC[C@]3(C)C(=CCC4[C@@]5(C)CC[C@H](O[C@@H]6O[C@H](C(=O)O)[C@@H](O)[C@H](O[C@@H]7O[C@H](CO)[C@H](O)[C@H](O)[C@H]7O)[C@H]6O[C@@H]6O[C@H](CO)[C@H](O)[C@H](O)[C@H]6O)C(C)(C)C5CC[C@]43C)C2C1. The van der Waals surface area contributed by atoms with Crippen molar-refractivity contribution in [1.29, 1.82) is 0 Å². The first-order valence-corrected chi connectivity index (χ1v) is 24.3. The molecule has 0 bridgehead atoms. The molecule has 23 atom stereocenters. The predicted molar refractivity (Wildman–Crippen MR) is 231 cm³/mol. The first-order chi connectivity index (χ1) is 31.2. The molecule has 0 aromatic heterocycles. The molecule has 8 aliphatic rings. The molecule has 0 radical (unpaired) electrons. The maximum Gasteiger partial charge on any atom is 0.335 e. The fraction of sp³-hybridized carbons (Fsp3) is 0.917. The molecule has 7 fully saturated rings. The van der Waals surface area contributed by atoms with Crippen LogP contribution in [0.15, 0.2) is 11.6 Å². The van der Waals surface area contributed by atoms with Crippen molar-refractivity contribution in [3.63, 3.8) is 0 Å². The van der Waals surface area contributed by atoms with Gasteiger partial charge in [-0.2, -0.15) is 0 Å². The van der Waals surface area contributed by atoms with Gasteiger partial charge >= 0.3 is 11.9 Å². The van der Waals surface area contributed by atoms with Crippen molar-refractivity contribution in [3.05, 3.63) is 11.6 Å². The van der Waals surface area contributed by atoms with Crippen molar-refractivity contribution in [3.8, 4) is 0 Å². The van der Waals surface area contributed by atoms with E-state index in [9.17, 15) is 65.8 Å². The standard InChI is InChI=1S/C48H76O19/c1-43(2)14-16-48(42(60)61)17-15-46(6)21(22(48)18-43)8-9-26-45(5)12-11-27(44(3,4)25(45)10-13-47(26,46)7)64-41-37(67-40-33(56)31(54)29(52)24(20-50)63-40)35(34(57)36(66-41)38(58)59)65-39-32(55)30(53)28(51)23(19-49)62-39/h8,22-37,39-41,49-57H,9-20H2,1-7H3,(H,58,59)(H,60,61)/t22?,23-,24-,25?,26?,27+,28+,29+,30+,31+,32-,33-,34+,35+,36+,37-,39+,40+,41-,45+,46-,47-,48+/m1/s1. The minimum Gasteiger partial charge on any atom is -0.481 e. The normalized spacial score (nSPS) is 52.7. The summed E-state index contributed by atoms with van der Waals surface area (Å²) in [5.41, 5.74) is -0.618. The van der Waals surface area contributed by atoms with E-state index in [0.29, 0.717) is 25.7 Å². The Bertz CT molecular complexity index is 1870. The largest absolute Gasteiger partial charge is 0.481 e. The summed E-state index contributed by atoms with van der Waals surface area (Å²) in [5, 5.41) is 117. The second kappa shape index (κ2) is 18.0. The van der Waals surface area contributed by atoms with Crippen LogP contribution in [0.5, 0.6) is 0 Å². The number of aliphatic hydroxyl groups is 9. The molecule has 11 N–H and O–H groups in total. The summed E-state index contributed by atoms with van der Waals surface area (Å²) >= 11 is 0. The van der Waals surface area contributed by atoms with Gasteiger partial charge in [-0.1, -0.05) is 60.1 Å². The molecule has 3 aliphatic heterocycles. The zero-order valence-electron chi connectivity index (χ0n) is 39.7. The third-order valence-corrected chi connectivity index (χ3v) is 19.3. The molecule has 67 heavy (non-hydrogen) atoms. The third-order valence-electron chi connectivity index (χ3n) is 19.3. The van der Waals surface area contributed by atoms with Crippen molar-refractivity contribution in [2.75, 3.05) is 13.2 Å². The Labute approximate surface area is 391 Å². The fourth-order valence-electron chi connectivity index (χ4n) is 15.1. The van der Waals surface area contributed by atoms with E-state index in [1.807, 2.05) is 0 Å². The van der Waals surface area contributed by atoms with Crippen molar-refractivity contribution >= 4 is 11.9 Å². The van der Waals surface area contributed by atoms with Crippen molar-refractivity contribution in [2.24, 2.45) is 50.2 Å². The van der Waals surface area contributed by atoms with Gasteiger partial charge in [0.25, 0.3) is 0 Å². The summed E-state index contributed by atoms with van der Waals surface area (Å²) in [6.07, 6.45) is -18.3. The Morgan fingerprint density at radius 3 is 1.75 bits per heavy atom. The Hall–Kier alpha value is -1.92. The smallest absolute Gasteiger partial charge is 0.335 e. The molecule has 8 rings (SSSR count). The van der Waals surface area contributed by atoms with E-state index < -0.39 is 134 Å². The van der Waals surface area contributed by atoms with Crippen LogP contribution in [-0.4, -0.2) is 180 Å². The van der Waals surface area contributed by atoms with E-state index in [2.05, 4.69) is 54.5 Å². The van der Waals surface area contributed by atoms with Crippen LogP contribution in [0.3, 0.4) is 0 Å². The van der Waals surface area contributed by atoms with E-state index >= 15 is 0 Å². The van der Waals surface area contributed by atoms with Crippen LogP contribution in [0.25, 0.3) is 0 Å². The van der Waals surface area contributed by atoms with Crippen LogP contribution < -0.4 is 0 Å². The van der Waals surface area contributed by atoms with Crippen LogP contribution in [-0.2, 0) is 38.0 Å². The highest BCUT2D eigenvalue weighted by Crippen LogP contribution is 2.76. The van der Waals surface area contributed by atoms with E-state index in [-0.39, 0.29) is 39.4 Å². The molecule has 0 aromatic rings. The van der Waals surface area contributed by atoms with Crippen molar-refractivity contribution in [2.45, 2.75) is 211 Å². The summed E-state index contributed by atoms with van der Waals surface area (Å²) in [7, 11) is 0. The first kappa shape index (κ1) is 51.4. The van der Waals surface area contributed by atoms with Crippen LogP contribution in [0, 0.1) is 50.2 Å². The van der Waals surface area contributed by atoms with Gasteiger partial charge in [0, 0.05) is 0 Å². The minimum atomic E-state index is -2.12. The number of carboxylic acids is 2. The van der Waals surface area contributed by atoms with E-state index in [1.165, 1.54) is 5.57 Å². The summed E-state index contributed by atoms with van der Waals surface area (Å²) in [6, 6.07) is 0. The zero-order valence-corrected chi connectivity index (χ0v) is 39.7. The van der Waals surface area contributed by atoms with Gasteiger partial charge in [-0.25, -0.2) is 4.79 Å². The third kappa shape index (κ3) is 8.06. The topological polar surface area (TPSA) is 312 Å². The lowest BCUT2D eigenvalue weighted by Gasteiger charge is -2.71. The van der Waals surface area contributed by atoms with Crippen LogP contribution in [0.4, 0.5) is 0 Å². The molecular weight excluding hydrogens is 881 g/mol. The van der Waals surface area contributed by atoms with E-state index in [0.717, 1.165) is 38.5 Å². The molecule has 0 amide bonds. The maximum absolute atomic E-state index is 13.2. The molecule has 19 heteroatoms. The average molecular weight is 957 g/mol. The van der Waals surface area contributed by atoms with Gasteiger partial charge in [0.05, 0.1) is 24.7 Å². The van der Waals surface area contributed by atoms with Gasteiger partial charge in [0.2, 0.25) is 0 Å². The molecular formula is C48H76O19. The number of hydrogen-bond donors (Lipinski definition) is 11. The number of carboxylic acid groups (broad SMARTS) is 2. The van der Waals surface area contributed by atoms with Gasteiger partial charge in [-0.15, -0.1) is 0 Å². The molecule has 4 saturated carbocycles. The Morgan fingerprint density at radius 1 is 0.627 bits per heavy atom. The van der Waals surface area contributed by atoms with Gasteiger partial charge in [-0.05, 0) is 109 Å². The average Bonchev–Trinajstić information content (AvgIpc) is 3.26. The molecule has 3 saturated heterocycles. The van der Waals surface area contributed by atoms with Gasteiger partial charge < -0.3 is 84.6 Å². The monoisotopic (exact) mass is 956 g/mol. The molecule has 3 heterocycles. The second-order valence-corrected chi connectivity index (χ2v) is 23.5. The summed E-state index contributed by atoms with van der Waals surface area (Å²) in [4.78, 5) is 26.0. The number of carbonyl (C=O) groups is 2. The highest BCUT2D eigenvalue weighted by Gasteiger charge is 2.70. The fourth-order valence-corrected chi connectivity index (χ4v) is 15.1. The molecule has 0 aromatic carbocycles. The quantitative estimate of drug-likeness (QED) is 0.107. The number of aliphatic carboxylic acids is 2. The summed E-state index contributed by atoms with van der Waals surface area (Å²) in [6.45, 7) is 14.2. The zero-order chi connectivity index (χ0) is 49.1. The highest BCUT2D eigenvalue weighted by atomic mass is 16.8. The first-order valence-electron chi connectivity index (χ1n) is 24.3. The Morgan fingerprint density at radius 2 is 1.19 bits per heavy atom. The van der Waals surface area contributed by atoms with E-state index in [1.54, 1.807) is 0 Å². The van der Waals surface area contributed by atoms with Crippen molar-refractivity contribution < 1.29 is 94.2 Å². The van der Waals surface area contributed by atoms with Gasteiger partial charge in [-0.3, -0.25) is 4.79 Å². The van der Waals surface area contributed by atoms with E-state index in [4.69, 9.17) is 28.4 Å². The second-order valence-electron chi connectivity index (χ2n) is 23.5. The lowest BCUT2D eigenvalue weighted by molar-refractivity contribution is -0.396. The molecule has 0 spiro atoms. The highest BCUT2D eigenvalue weighted by molar-refractivity contribution is 5.76. The number of allylic oxidation sites excluding steroid dienone is 2. The number of fused-ring (bicyclic) bond motifs is 7. The Balaban J connectivity index is 1.11. The van der Waals surface area contributed by atoms with Crippen LogP contribution >= 0.6 is 0 Å². The Kier molecular flexibility index (Phi) is 13.8. The van der Waals surface area contributed by atoms with Gasteiger partial charge in [0.15, 0.2) is 25.0 Å². The predicted octanol–water partition coefficient (Wildman–Crippen LogP) is 0.799. The minimum absolute atomic E-state index is 0.0299.